The van der Waals surface area contributed by atoms with Gasteiger partial charge in [-0.3, -0.25) is 5.41 Å². The van der Waals surface area contributed by atoms with Gasteiger partial charge in [-0.25, -0.2) is 0 Å². The summed E-state index contributed by atoms with van der Waals surface area (Å²) in [6.45, 7) is 6.56. The van der Waals surface area contributed by atoms with E-state index in [2.05, 4.69) is 47.9 Å². The van der Waals surface area contributed by atoms with E-state index in [0.717, 1.165) is 18.8 Å². The van der Waals surface area contributed by atoms with Gasteiger partial charge in [0.1, 0.15) is 0 Å². The lowest BCUT2D eigenvalue weighted by Crippen LogP contribution is -2.43. The number of hydrogen-bond acceptors (Lipinski definition) is 1. The predicted octanol–water partition coefficient (Wildman–Crippen LogP) is 3.97. The van der Waals surface area contributed by atoms with Crippen LogP contribution in [0, 0.1) is 5.41 Å². The van der Waals surface area contributed by atoms with Crippen molar-refractivity contribution in [2.75, 3.05) is 18.0 Å². The lowest BCUT2D eigenvalue weighted by atomic mass is 10.2. The molecular weight excluding hydrogens is 258 g/mol. The number of nitrogens with zero attached hydrogens (tertiary/aromatic N) is 2. The van der Waals surface area contributed by atoms with Crippen molar-refractivity contribution in [3.8, 4) is 0 Å². The van der Waals surface area contributed by atoms with Crippen LogP contribution in [0.2, 0.25) is 0 Å². The largest absolute Gasteiger partial charge is 0.343 e. The maximum Gasteiger partial charge on any atom is 0.198 e. The molecule has 2 aromatic rings. The first kappa shape index (κ1) is 15.1. The molecule has 0 amide bonds. The molecule has 21 heavy (non-hydrogen) atoms. The fourth-order valence-corrected chi connectivity index (χ4v) is 2.36. The second-order valence-electron chi connectivity index (χ2n) is 4.90. The molecule has 0 aliphatic carbocycles. The molecule has 0 fully saturated rings. The Morgan fingerprint density at radius 3 is 1.90 bits per heavy atom. The highest BCUT2D eigenvalue weighted by molar-refractivity contribution is 5.93. The number of rotatable bonds is 5. The zero-order valence-electron chi connectivity index (χ0n) is 12.8. The van der Waals surface area contributed by atoms with Gasteiger partial charge < -0.3 is 9.80 Å². The van der Waals surface area contributed by atoms with Gasteiger partial charge in [-0.1, -0.05) is 48.5 Å². The zero-order chi connectivity index (χ0) is 15.1. The molecule has 0 unspecified atom stereocenters. The van der Waals surface area contributed by atoms with Crippen LogP contribution in [0.5, 0.6) is 0 Å². The van der Waals surface area contributed by atoms with E-state index >= 15 is 0 Å². The van der Waals surface area contributed by atoms with E-state index in [0.29, 0.717) is 12.5 Å². The highest BCUT2D eigenvalue weighted by Crippen LogP contribution is 2.18. The van der Waals surface area contributed by atoms with E-state index in [1.807, 2.05) is 36.4 Å². The number of nitrogens with one attached hydrogen (secondary N) is 1. The van der Waals surface area contributed by atoms with Crippen LogP contribution in [0.3, 0.4) is 0 Å². The summed E-state index contributed by atoms with van der Waals surface area (Å²) in [5.74, 6) is 0.551. The second kappa shape index (κ2) is 7.48. The average Bonchev–Trinajstić information content (AvgIpc) is 2.55. The Morgan fingerprint density at radius 2 is 1.38 bits per heavy atom. The van der Waals surface area contributed by atoms with Gasteiger partial charge in [0.05, 0.1) is 6.54 Å². The fourth-order valence-electron chi connectivity index (χ4n) is 2.36. The van der Waals surface area contributed by atoms with Gasteiger partial charge in [-0.2, -0.15) is 0 Å². The fraction of sp³-hybridized carbons (Fsp3) is 0.278. The topological polar surface area (TPSA) is 30.3 Å². The molecule has 0 heterocycles. The molecule has 0 aromatic heterocycles. The number of para-hydroxylation sites is 1. The molecule has 0 saturated heterocycles. The third kappa shape index (κ3) is 3.85. The highest BCUT2D eigenvalue weighted by atomic mass is 15.4. The van der Waals surface area contributed by atoms with Crippen LogP contribution in [0.1, 0.15) is 19.4 Å². The predicted molar refractivity (Wildman–Crippen MR) is 89.7 cm³/mol. The molecule has 2 rings (SSSR count). The minimum atomic E-state index is 0.551. The Labute approximate surface area is 127 Å². The van der Waals surface area contributed by atoms with Crippen molar-refractivity contribution in [3.63, 3.8) is 0 Å². The summed E-state index contributed by atoms with van der Waals surface area (Å²) in [4.78, 5) is 4.12. The lowest BCUT2D eigenvalue weighted by molar-refractivity contribution is 0.451. The molecule has 1 N–H and O–H groups in total. The van der Waals surface area contributed by atoms with E-state index in [9.17, 15) is 0 Å². The van der Waals surface area contributed by atoms with Gasteiger partial charge in [-0.15, -0.1) is 0 Å². The van der Waals surface area contributed by atoms with Crippen LogP contribution in [-0.2, 0) is 6.54 Å². The SMILES string of the molecule is CCN(CC)C(=N)N(Cc1ccccc1)c1ccccc1. The van der Waals surface area contributed by atoms with E-state index < -0.39 is 0 Å². The maximum absolute atomic E-state index is 8.54. The molecular formula is C18H23N3. The Morgan fingerprint density at radius 1 is 0.857 bits per heavy atom. The standard InChI is InChI=1S/C18H23N3/c1-3-20(4-2)18(19)21(17-13-9-6-10-14-17)15-16-11-7-5-8-12-16/h5-14,19H,3-4,15H2,1-2H3. The minimum Gasteiger partial charge on any atom is -0.343 e. The number of anilines is 1. The first-order valence-corrected chi connectivity index (χ1v) is 7.46. The molecule has 0 radical (unpaired) electrons. The number of hydrogen-bond donors (Lipinski definition) is 1. The van der Waals surface area contributed by atoms with Gasteiger partial charge in [-0.05, 0) is 31.5 Å². The first-order chi connectivity index (χ1) is 10.3. The highest BCUT2D eigenvalue weighted by Gasteiger charge is 2.16. The molecule has 0 aliphatic heterocycles. The summed E-state index contributed by atoms with van der Waals surface area (Å²) in [7, 11) is 0. The van der Waals surface area contributed by atoms with Gasteiger partial charge in [0.2, 0.25) is 0 Å². The first-order valence-electron chi connectivity index (χ1n) is 7.46. The van der Waals surface area contributed by atoms with Gasteiger partial charge in [0, 0.05) is 18.8 Å². The van der Waals surface area contributed by atoms with E-state index in [1.54, 1.807) is 0 Å². The van der Waals surface area contributed by atoms with Crippen molar-refractivity contribution in [3.05, 3.63) is 66.2 Å². The van der Waals surface area contributed by atoms with E-state index in [1.165, 1.54) is 5.56 Å². The molecule has 0 aliphatic rings. The molecule has 3 heteroatoms. The molecule has 2 aromatic carbocycles. The van der Waals surface area contributed by atoms with Crippen LogP contribution in [-0.4, -0.2) is 23.9 Å². The van der Waals surface area contributed by atoms with Gasteiger partial charge in [0.25, 0.3) is 0 Å². The lowest BCUT2D eigenvalue weighted by Gasteiger charge is -2.32. The van der Waals surface area contributed by atoms with Crippen molar-refractivity contribution in [2.45, 2.75) is 20.4 Å². The Hall–Kier alpha value is -2.29. The smallest absolute Gasteiger partial charge is 0.198 e. The van der Waals surface area contributed by atoms with E-state index in [-0.39, 0.29) is 0 Å². The van der Waals surface area contributed by atoms with Crippen molar-refractivity contribution in [1.29, 1.82) is 5.41 Å². The normalized spacial score (nSPS) is 10.2. The van der Waals surface area contributed by atoms with Crippen LogP contribution in [0.4, 0.5) is 5.69 Å². The molecule has 0 saturated carbocycles. The van der Waals surface area contributed by atoms with Crippen molar-refractivity contribution in [2.24, 2.45) is 0 Å². The summed E-state index contributed by atoms with van der Waals surface area (Å²) in [6, 6.07) is 20.5. The molecule has 0 spiro atoms. The van der Waals surface area contributed by atoms with Crippen molar-refractivity contribution < 1.29 is 0 Å². The number of benzene rings is 2. The summed E-state index contributed by atoms with van der Waals surface area (Å²) < 4.78 is 0. The third-order valence-corrected chi connectivity index (χ3v) is 3.57. The van der Waals surface area contributed by atoms with Gasteiger partial charge in [0.15, 0.2) is 5.96 Å². The Kier molecular flexibility index (Phi) is 5.38. The van der Waals surface area contributed by atoms with Crippen molar-refractivity contribution >= 4 is 11.6 Å². The second-order valence-corrected chi connectivity index (χ2v) is 4.90. The summed E-state index contributed by atoms with van der Waals surface area (Å²) in [6.07, 6.45) is 0. The molecule has 0 atom stereocenters. The van der Waals surface area contributed by atoms with Crippen molar-refractivity contribution in [1.82, 2.24) is 4.90 Å². The Balaban J connectivity index is 2.29. The molecule has 110 valence electrons. The van der Waals surface area contributed by atoms with Crippen LogP contribution >= 0.6 is 0 Å². The van der Waals surface area contributed by atoms with Crippen LogP contribution in [0.25, 0.3) is 0 Å². The number of guanidine groups is 1. The Bertz CT molecular complexity index is 547. The summed E-state index contributed by atoms with van der Waals surface area (Å²) in [5, 5.41) is 8.54. The average molecular weight is 281 g/mol. The van der Waals surface area contributed by atoms with Crippen LogP contribution in [0.15, 0.2) is 60.7 Å². The zero-order valence-corrected chi connectivity index (χ0v) is 12.8. The maximum atomic E-state index is 8.54. The monoisotopic (exact) mass is 281 g/mol. The summed E-state index contributed by atoms with van der Waals surface area (Å²) >= 11 is 0. The third-order valence-electron chi connectivity index (χ3n) is 3.57. The van der Waals surface area contributed by atoms with Gasteiger partial charge >= 0.3 is 0 Å². The molecule has 0 bridgehead atoms. The summed E-state index contributed by atoms with van der Waals surface area (Å²) in [5.41, 5.74) is 2.26. The van der Waals surface area contributed by atoms with E-state index in [4.69, 9.17) is 5.41 Å². The quantitative estimate of drug-likeness (QED) is 0.664. The minimum absolute atomic E-state index is 0.551. The molecule has 3 nitrogen and oxygen atoms in total. The van der Waals surface area contributed by atoms with Crippen LogP contribution < -0.4 is 4.90 Å².